The normalized spacial score (nSPS) is 18.1. The van der Waals surface area contributed by atoms with E-state index in [1.165, 1.54) is 33.4 Å². The quantitative estimate of drug-likeness (QED) is 0.341. The molecule has 2 aliphatic carbocycles. The third kappa shape index (κ3) is 3.91. The fourth-order valence-electron chi connectivity index (χ4n) is 4.49. The number of halogens is 2. The molecule has 152 valence electrons. The Morgan fingerprint density at radius 3 is 1.42 bits per heavy atom. The predicted octanol–water partition coefficient (Wildman–Crippen LogP) is 0.854. The van der Waals surface area contributed by atoms with Crippen LogP contribution in [0.2, 0.25) is 0 Å². The van der Waals surface area contributed by atoms with Crippen molar-refractivity contribution in [2.24, 2.45) is 0 Å². The van der Waals surface area contributed by atoms with Gasteiger partial charge in [-0.2, -0.15) is 0 Å². The number of hydrogen-bond acceptors (Lipinski definition) is 2. The van der Waals surface area contributed by atoms with Crippen LogP contribution >= 0.6 is 0 Å². The number of rotatable bonds is 4. The molecule has 2 heterocycles. The van der Waals surface area contributed by atoms with Gasteiger partial charge < -0.3 is 34.0 Å². The van der Waals surface area contributed by atoms with E-state index in [0.717, 1.165) is 11.5 Å². The standard InChI is InChI=1S/2C13H9O.2BrH.Ti/c2*1-2-5-11-9-12(8-10(11)4-1)13-6-3-7-14-13;;;/h2*1-9H;2*1H;/q;;;;+2/p-2. The van der Waals surface area contributed by atoms with E-state index in [9.17, 15) is 0 Å². The topological polar surface area (TPSA) is 26.3 Å². The molecule has 0 amide bonds. The molecule has 0 saturated heterocycles. The smallest absolute Gasteiger partial charge is 1.00 e. The number of fused-ring (bicyclic) bond motifs is 2. The van der Waals surface area contributed by atoms with Crippen LogP contribution in [0.3, 0.4) is 0 Å². The molecule has 4 aromatic rings. The fourth-order valence-corrected chi connectivity index (χ4v) is 7.65. The van der Waals surface area contributed by atoms with Crippen molar-refractivity contribution in [2.75, 3.05) is 0 Å². The van der Waals surface area contributed by atoms with Crippen LogP contribution in [0.4, 0.5) is 0 Å². The summed E-state index contributed by atoms with van der Waals surface area (Å²) >= 11 is -0.486. The maximum absolute atomic E-state index is 5.83. The van der Waals surface area contributed by atoms with Crippen LogP contribution in [0.1, 0.15) is 42.2 Å². The predicted molar refractivity (Wildman–Crippen MR) is 112 cm³/mol. The molecule has 2 unspecified atom stereocenters. The average molecular weight is 570 g/mol. The van der Waals surface area contributed by atoms with E-state index in [4.69, 9.17) is 8.83 Å². The molecule has 5 heteroatoms. The van der Waals surface area contributed by atoms with Crippen molar-refractivity contribution in [1.29, 1.82) is 0 Å². The summed E-state index contributed by atoms with van der Waals surface area (Å²) < 4.78 is 12.5. The van der Waals surface area contributed by atoms with E-state index in [1.54, 1.807) is 12.5 Å². The van der Waals surface area contributed by atoms with Gasteiger partial charge in [0.15, 0.2) is 0 Å². The van der Waals surface area contributed by atoms with Gasteiger partial charge in [-0.15, -0.1) is 0 Å². The third-order valence-corrected chi connectivity index (χ3v) is 8.79. The fraction of sp³-hybridized carbons (Fsp3) is 0.0769. The number of hydrogen-bond donors (Lipinski definition) is 0. The Balaban J connectivity index is 0.00000116. The van der Waals surface area contributed by atoms with Gasteiger partial charge in [-0.1, -0.05) is 0 Å². The van der Waals surface area contributed by atoms with Crippen LogP contribution in [0.5, 0.6) is 0 Å². The Morgan fingerprint density at radius 2 is 1.00 bits per heavy atom. The van der Waals surface area contributed by atoms with Gasteiger partial charge in [0.1, 0.15) is 0 Å². The SMILES string of the molecule is C1=C(c2ccco2)[CH]([Ti+2][CH]2C(c3ccco3)=Cc3ccccc32)c2ccccc21.[Br-].[Br-]. The van der Waals surface area contributed by atoms with Crippen molar-refractivity contribution in [3.05, 3.63) is 119 Å². The molecule has 0 spiro atoms. The van der Waals surface area contributed by atoms with E-state index in [1.807, 2.05) is 12.1 Å². The van der Waals surface area contributed by atoms with Gasteiger partial charge in [0, 0.05) is 0 Å². The Labute approximate surface area is 211 Å². The Kier molecular flexibility index (Phi) is 6.73. The van der Waals surface area contributed by atoms with Crippen LogP contribution in [0.25, 0.3) is 23.3 Å². The zero-order valence-corrected chi connectivity index (χ0v) is 21.2. The molecule has 0 N–H and O–H groups in total. The molecule has 0 saturated carbocycles. The van der Waals surface area contributed by atoms with Crippen LogP contribution < -0.4 is 34.0 Å². The molecule has 0 aliphatic heterocycles. The average Bonchev–Trinajstić information content (AvgIpc) is 3.55. The monoisotopic (exact) mass is 568 g/mol. The first-order valence-electron chi connectivity index (χ1n) is 9.83. The Bertz CT molecular complexity index is 1140. The summed E-state index contributed by atoms with van der Waals surface area (Å²) in [6, 6.07) is 25.7. The van der Waals surface area contributed by atoms with Gasteiger partial charge in [0.25, 0.3) is 0 Å². The molecular formula is C26H18Br2O2Ti. The van der Waals surface area contributed by atoms with Crippen molar-refractivity contribution in [2.45, 2.75) is 8.45 Å². The molecule has 31 heavy (non-hydrogen) atoms. The summed E-state index contributed by atoms with van der Waals surface area (Å²) in [5, 5.41) is 0. The zero-order valence-electron chi connectivity index (χ0n) is 16.5. The third-order valence-electron chi connectivity index (χ3n) is 5.80. The second-order valence-electron chi connectivity index (χ2n) is 7.44. The minimum absolute atomic E-state index is 0. The first kappa shape index (κ1) is 22.4. The second-order valence-corrected chi connectivity index (χ2v) is 9.77. The zero-order chi connectivity index (χ0) is 19.2. The summed E-state index contributed by atoms with van der Waals surface area (Å²) in [5.74, 6) is 1.98. The Hall–Kier alpha value is -1.85. The van der Waals surface area contributed by atoms with Gasteiger partial charge in [-0.3, -0.25) is 0 Å². The number of benzene rings is 2. The number of allylic oxidation sites excluding steroid dienone is 2. The Morgan fingerprint density at radius 1 is 0.548 bits per heavy atom. The molecule has 2 aliphatic rings. The van der Waals surface area contributed by atoms with Crippen molar-refractivity contribution in [3.8, 4) is 0 Å². The van der Waals surface area contributed by atoms with E-state index in [0.29, 0.717) is 8.45 Å². The van der Waals surface area contributed by atoms with E-state index in [-0.39, 0.29) is 34.0 Å². The molecule has 2 aromatic heterocycles. The van der Waals surface area contributed by atoms with Gasteiger partial charge in [0.2, 0.25) is 0 Å². The summed E-state index contributed by atoms with van der Waals surface area (Å²) in [6.07, 6.45) is 8.18. The first-order valence-corrected chi connectivity index (χ1v) is 11.6. The minimum atomic E-state index is -0.486. The summed E-state index contributed by atoms with van der Waals surface area (Å²) in [5.41, 5.74) is 8.15. The van der Waals surface area contributed by atoms with Gasteiger partial charge in [-0.05, 0) is 0 Å². The summed E-state index contributed by atoms with van der Waals surface area (Å²) in [7, 11) is 0. The summed E-state index contributed by atoms with van der Waals surface area (Å²) in [4.78, 5) is 0. The summed E-state index contributed by atoms with van der Waals surface area (Å²) in [6.45, 7) is 0. The van der Waals surface area contributed by atoms with E-state index < -0.39 is 19.2 Å². The van der Waals surface area contributed by atoms with Crippen molar-refractivity contribution < 1.29 is 62.0 Å². The largest absolute Gasteiger partial charge is 1.00 e. The van der Waals surface area contributed by atoms with Crippen molar-refractivity contribution in [3.63, 3.8) is 0 Å². The molecule has 2 aromatic carbocycles. The number of furan rings is 2. The molecule has 0 bridgehead atoms. The van der Waals surface area contributed by atoms with Crippen LogP contribution in [-0.2, 0) is 19.2 Å². The van der Waals surface area contributed by atoms with Gasteiger partial charge in [-0.25, -0.2) is 0 Å². The molecule has 2 atom stereocenters. The van der Waals surface area contributed by atoms with Crippen molar-refractivity contribution >= 4 is 23.3 Å². The van der Waals surface area contributed by atoms with Gasteiger partial charge in [0.05, 0.1) is 0 Å². The maximum atomic E-state index is 5.83. The maximum Gasteiger partial charge on any atom is -1.00 e. The van der Waals surface area contributed by atoms with Gasteiger partial charge >= 0.3 is 179 Å². The minimum Gasteiger partial charge on any atom is -1.00 e. The van der Waals surface area contributed by atoms with Crippen LogP contribution in [0, 0.1) is 0 Å². The second kappa shape index (κ2) is 9.34. The van der Waals surface area contributed by atoms with E-state index in [2.05, 4.69) is 72.8 Å². The molecule has 0 fully saturated rings. The molecular weight excluding hydrogens is 552 g/mol. The molecule has 2 nitrogen and oxygen atoms in total. The first-order chi connectivity index (χ1) is 14.4. The van der Waals surface area contributed by atoms with Crippen LogP contribution in [0.15, 0.2) is 94.2 Å². The van der Waals surface area contributed by atoms with Crippen LogP contribution in [-0.4, -0.2) is 0 Å². The van der Waals surface area contributed by atoms with Crippen molar-refractivity contribution in [1.82, 2.24) is 0 Å². The molecule has 0 radical (unpaired) electrons. The molecule has 6 rings (SSSR count). The van der Waals surface area contributed by atoms with E-state index >= 15 is 0 Å².